The summed E-state index contributed by atoms with van der Waals surface area (Å²) >= 11 is 7.04. The van der Waals surface area contributed by atoms with Crippen LogP contribution < -0.4 is 0 Å². The van der Waals surface area contributed by atoms with Crippen LogP contribution in [0.3, 0.4) is 0 Å². The second-order valence-corrected chi connectivity index (χ2v) is 4.70. The molecule has 2 rings (SSSR count). The summed E-state index contributed by atoms with van der Waals surface area (Å²) < 4.78 is 0. The van der Waals surface area contributed by atoms with Gasteiger partial charge in [-0.3, -0.25) is 4.79 Å². The predicted molar refractivity (Wildman–Crippen MR) is 68.1 cm³/mol. The van der Waals surface area contributed by atoms with E-state index in [0.29, 0.717) is 10.6 Å². The van der Waals surface area contributed by atoms with E-state index < -0.39 is 0 Å². The van der Waals surface area contributed by atoms with E-state index in [4.69, 9.17) is 11.6 Å². The van der Waals surface area contributed by atoms with E-state index in [0.717, 1.165) is 4.90 Å². The fraction of sp³-hybridized carbons (Fsp3) is 0. The Labute approximate surface area is 103 Å². The summed E-state index contributed by atoms with van der Waals surface area (Å²) in [5.74, 6) is 0. The van der Waals surface area contributed by atoms with Gasteiger partial charge in [-0.15, -0.1) is 0 Å². The number of benzene rings is 2. The molecule has 80 valence electrons. The Hall–Kier alpha value is -1.25. The zero-order chi connectivity index (χ0) is 11.4. The van der Waals surface area contributed by atoms with Crippen molar-refractivity contribution < 1.29 is 4.79 Å². The molecule has 0 N–H and O–H groups in total. The van der Waals surface area contributed by atoms with Crippen LogP contribution in [0.2, 0.25) is 5.02 Å². The van der Waals surface area contributed by atoms with Gasteiger partial charge in [-0.2, -0.15) is 0 Å². The van der Waals surface area contributed by atoms with Crippen molar-refractivity contribution in [1.29, 1.82) is 0 Å². The maximum atomic E-state index is 11.8. The minimum Gasteiger partial charge on any atom is -0.281 e. The van der Waals surface area contributed by atoms with E-state index in [2.05, 4.69) is 0 Å². The summed E-state index contributed by atoms with van der Waals surface area (Å²) in [5.41, 5.74) is 0.701. The van der Waals surface area contributed by atoms with Gasteiger partial charge in [0.05, 0.1) is 0 Å². The van der Waals surface area contributed by atoms with Crippen LogP contribution in [0.1, 0.15) is 10.4 Å². The van der Waals surface area contributed by atoms with E-state index in [-0.39, 0.29) is 5.12 Å². The minimum atomic E-state index is 0.0304. The molecule has 0 saturated heterocycles. The largest absolute Gasteiger partial charge is 0.281 e. The Morgan fingerprint density at radius 3 is 2.44 bits per heavy atom. The monoisotopic (exact) mass is 248 g/mol. The van der Waals surface area contributed by atoms with Crippen LogP contribution in [0.5, 0.6) is 0 Å². The van der Waals surface area contributed by atoms with Crippen LogP contribution in [0.4, 0.5) is 0 Å². The summed E-state index contributed by atoms with van der Waals surface area (Å²) in [6.07, 6.45) is 0. The summed E-state index contributed by atoms with van der Waals surface area (Å²) in [6, 6.07) is 16.5. The first-order chi connectivity index (χ1) is 7.75. The molecular weight excluding hydrogens is 240 g/mol. The minimum absolute atomic E-state index is 0.0304. The Morgan fingerprint density at radius 1 is 1.00 bits per heavy atom. The molecule has 0 radical (unpaired) electrons. The Balaban J connectivity index is 2.14. The highest BCUT2D eigenvalue weighted by atomic mass is 35.5. The highest BCUT2D eigenvalue weighted by Gasteiger charge is 2.07. The fourth-order valence-electron chi connectivity index (χ4n) is 1.27. The van der Waals surface area contributed by atoms with Gasteiger partial charge in [-0.1, -0.05) is 48.0 Å². The SMILES string of the molecule is O=C(Sc1cccc(Cl)c1)c1ccccc1. The average Bonchev–Trinajstić information content (AvgIpc) is 2.30. The Morgan fingerprint density at radius 2 is 1.75 bits per heavy atom. The predicted octanol–water partition coefficient (Wildman–Crippen LogP) is 4.27. The molecule has 0 bridgehead atoms. The molecule has 0 aliphatic carbocycles. The van der Waals surface area contributed by atoms with Crippen molar-refractivity contribution in [3.8, 4) is 0 Å². The lowest BCUT2D eigenvalue weighted by Crippen LogP contribution is -1.91. The Kier molecular flexibility index (Phi) is 3.65. The molecule has 0 aliphatic rings. The molecule has 3 heteroatoms. The molecule has 2 aromatic rings. The molecule has 16 heavy (non-hydrogen) atoms. The van der Waals surface area contributed by atoms with Gasteiger partial charge in [0.1, 0.15) is 0 Å². The van der Waals surface area contributed by atoms with Gasteiger partial charge >= 0.3 is 0 Å². The van der Waals surface area contributed by atoms with Gasteiger partial charge in [0.15, 0.2) is 0 Å². The third kappa shape index (κ3) is 2.87. The molecule has 0 saturated carbocycles. The van der Waals surface area contributed by atoms with E-state index in [9.17, 15) is 4.79 Å². The van der Waals surface area contributed by atoms with Gasteiger partial charge in [0.2, 0.25) is 5.12 Å². The van der Waals surface area contributed by atoms with E-state index >= 15 is 0 Å². The third-order valence-electron chi connectivity index (χ3n) is 2.02. The van der Waals surface area contributed by atoms with Crippen molar-refractivity contribution >= 4 is 28.5 Å². The summed E-state index contributed by atoms with van der Waals surface area (Å²) in [5, 5.41) is 0.675. The van der Waals surface area contributed by atoms with Crippen LogP contribution in [-0.2, 0) is 0 Å². The zero-order valence-electron chi connectivity index (χ0n) is 8.39. The molecule has 0 unspecified atom stereocenters. The van der Waals surface area contributed by atoms with E-state index in [1.807, 2.05) is 30.3 Å². The van der Waals surface area contributed by atoms with Gasteiger partial charge in [0, 0.05) is 15.5 Å². The molecule has 0 spiro atoms. The molecule has 0 amide bonds. The van der Waals surface area contributed by atoms with Crippen molar-refractivity contribution in [2.75, 3.05) is 0 Å². The van der Waals surface area contributed by atoms with Crippen LogP contribution in [0.25, 0.3) is 0 Å². The van der Waals surface area contributed by atoms with Crippen LogP contribution in [-0.4, -0.2) is 5.12 Å². The Bertz CT molecular complexity index is 496. The van der Waals surface area contributed by atoms with Gasteiger partial charge in [-0.25, -0.2) is 0 Å². The number of thioether (sulfide) groups is 1. The maximum absolute atomic E-state index is 11.8. The standard InChI is InChI=1S/C13H9ClOS/c14-11-7-4-8-12(9-11)16-13(15)10-5-2-1-3-6-10/h1-9H. The van der Waals surface area contributed by atoms with Crippen molar-refractivity contribution in [2.24, 2.45) is 0 Å². The molecule has 2 aromatic carbocycles. The summed E-state index contributed by atoms with van der Waals surface area (Å²) in [4.78, 5) is 12.7. The van der Waals surface area contributed by atoms with Gasteiger partial charge < -0.3 is 0 Å². The molecule has 0 fully saturated rings. The number of hydrogen-bond donors (Lipinski definition) is 0. The summed E-state index contributed by atoms with van der Waals surface area (Å²) in [6.45, 7) is 0. The first-order valence-corrected chi connectivity index (χ1v) is 5.98. The fourth-order valence-corrected chi connectivity index (χ4v) is 2.33. The number of rotatable bonds is 2. The number of hydrogen-bond acceptors (Lipinski definition) is 2. The van der Waals surface area contributed by atoms with E-state index in [1.165, 1.54) is 11.8 Å². The van der Waals surface area contributed by atoms with Crippen molar-refractivity contribution in [3.05, 3.63) is 65.2 Å². The highest BCUT2D eigenvalue weighted by Crippen LogP contribution is 2.24. The average molecular weight is 249 g/mol. The van der Waals surface area contributed by atoms with Gasteiger partial charge in [-0.05, 0) is 30.0 Å². The number of carbonyl (C=O) groups excluding carboxylic acids is 1. The normalized spacial score (nSPS) is 10.1. The first kappa shape index (κ1) is 11.2. The lowest BCUT2D eigenvalue weighted by Gasteiger charge is -2.00. The maximum Gasteiger partial charge on any atom is 0.224 e. The van der Waals surface area contributed by atoms with Crippen LogP contribution in [0.15, 0.2) is 59.5 Å². The molecule has 0 heterocycles. The quantitative estimate of drug-likeness (QED) is 0.739. The van der Waals surface area contributed by atoms with Gasteiger partial charge in [0.25, 0.3) is 0 Å². The molecule has 0 atom stereocenters. The molecule has 1 nitrogen and oxygen atoms in total. The number of carbonyl (C=O) groups is 1. The van der Waals surface area contributed by atoms with Crippen molar-refractivity contribution in [3.63, 3.8) is 0 Å². The van der Waals surface area contributed by atoms with Crippen LogP contribution in [0, 0.1) is 0 Å². The summed E-state index contributed by atoms with van der Waals surface area (Å²) in [7, 11) is 0. The van der Waals surface area contributed by atoms with Crippen molar-refractivity contribution in [1.82, 2.24) is 0 Å². The lowest BCUT2D eigenvalue weighted by molar-refractivity contribution is 0.108. The zero-order valence-corrected chi connectivity index (χ0v) is 9.96. The smallest absolute Gasteiger partial charge is 0.224 e. The highest BCUT2D eigenvalue weighted by molar-refractivity contribution is 8.14. The molecular formula is C13H9ClOS. The molecule has 0 aromatic heterocycles. The second-order valence-electron chi connectivity index (χ2n) is 3.21. The topological polar surface area (TPSA) is 17.1 Å². The third-order valence-corrected chi connectivity index (χ3v) is 3.16. The number of halogens is 1. The first-order valence-electron chi connectivity index (χ1n) is 4.78. The second kappa shape index (κ2) is 5.19. The van der Waals surface area contributed by atoms with Crippen LogP contribution >= 0.6 is 23.4 Å². The van der Waals surface area contributed by atoms with Crippen molar-refractivity contribution in [2.45, 2.75) is 4.90 Å². The molecule has 0 aliphatic heterocycles. The lowest BCUT2D eigenvalue weighted by atomic mass is 10.2. The van der Waals surface area contributed by atoms with E-state index in [1.54, 1.807) is 24.3 Å².